The van der Waals surface area contributed by atoms with Crippen LogP contribution in [0.3, 0.4) is 0 Å². The number of hydrogen-bond donors (Lipinski definition) is 1. The van der Waals surface area contributed by atoms with Gasteiger partial charge in [-0.05, 0) is 43.7 Å². The molecule has 0 radical (unpaired) electrons. The van der Waals surface area contributed by atoms with Crippen LogP contribution in [0.1, 0.15) is 36.7 Å². The highest BCUT2D eigenvalue weighted by molar-refractivity contribution is 7.13. The summed E-state index contributed by atoms with van der Waals surface area (Å²) in [6.45, 7) is 2.96. The van der Waals surface area contributed by atoms with E-state index in [0.29, 0.717) is 11.7 Å². The highest BCUT2D eigenvalue weighted by Crippen LogP contribution is 2.24. The summed E-state index contributed by atoms with van der Waals surface area (Å²) in [5.74, 6) is 0.0475. The summed E-state index contributed by atoms with van der Waals surface area (Å²) < 4.78 is 0. The molecule has 1 atom stereocenters. The van der Waals surface area contributed by atoms with Crippen LogP contribution in [0.2, 0.25) is 0 Å². The number of amides is 1. The number of likely N-dealkylation sites (tertiary alicyclic amines) is 1. The van der Waals surface area contributed by atoms with Crippen molar-refractivity contribution < 1.29 is 4.79 Å². The lowest BCUT2D eigenvalue weighted by molar-refractivity contribution is 0.0629. The van der Waals surface area contributed by atoms with Crippen LogP contribution in [0.4, 0.5) is 0 Å². The molecule has 0 unspecified atom stereocenters. The van der Waals surface area contributed by atoms with Crippen LogP contribution >= 0.6 is 11.3 Å². The molecule has 1 fully saturated rings. The predicted octanol–water partition coefficient (Wildman–Crippen LogP) is 3.15. The van der Waals surface area contributed by atoms with Crippen LogP contribution in [-0.4, -0.2) is 33.6 Å². The van der Waals surface area contributed by atoms with Gasteiger partial charge in [0.1, 0.15) is 0 Å². The van der Waals surface area contributed by atoms with Gasteiger partial charge in [0, 0.05) is 12.6 Å². The van der Waals surface area contributed by atoms with E-state index in [4.69, 9.17) is 0 Å². The molecule has 0 spiro atoms. The summed E-state index contributed by atoms with van der Waals surface area (Å²) in [5.41, 5.74) is 1.44. The average Bonchev–Trinajstić information content (AvgIpc) is 3.09. The summed E-state index contributed by atoms with van der Waals surface area (Å²) in [5, 5.41) is 9.15. The minimum absolute atomic E-state index is 0.0475. The van der Waals surface area contributed by atoms with Crippen molar-refractivity contribution in [2.75, 3.05) is 6.54 Å². The van der Waals surface area contributed by atoms with Crippen molar-refractivity contribution in [2.24, 2.45) is 0 Å². The first-order valence-electron chi connectivity index (χ1n) is 6.66. The Morgan fingerprint density at radius 1 is 1.53 bits per heavy atom. The average molecular weight is 275 g/mol. The highest BCUT2D eigenvalue weighted by atomic mass is 32.1. The van der Waals surface area contributed by atoms with E-state index in [1.54, 1.807) is 11.3 Å². The Hall–Kier alpha value is -1.62. The van der Waals surface area contributed by atoms with E-state index >= 15 is 0 Å². The largest absolute Gasteiger partial charge is 0.335 e. The monoisotopic (exact) mass is 275 g/mol. The molecule has 2 aromatic heterocycles. The van der Waals surface area contributed by atoms with E-state index in [9.17, 15) is 4.79 Å². The molecule has 19 heavy (non-hydrogen) atoms. The molecule has 5 heteroatoms. The van der Waals surface area contributed by atoms with Gasteiger partial charge >= 0.3 is 0 Å². The molecule has 100 valence electrons. The zero-order valence-electron chi connectivity index (χ0n) is 10.9. The van der Waals surface area contributed by atoms with Gasteiger partial charge in [-0.1, -0.05) is 6.07 Å². The van der Waals surface area contributed by atoms with Crippen molar-refractivity contribution in [3.63, 3.8) is 0 Å². The minimum atomic E-state index is 0.0475. The molecular formula is C14H17N3OS. The number of H-pyrrole nitrogens is 1. The molecule has 0 aliphatic carbocycles. The van der Waals surface area contributed by atoms with Gasteiger partial charge in [0.2, 0.25) is 0 Å². The van der Waals surface area contributed by atoms with Gasteiger partial charge < -0.3 is 4.90 Å². The molecule has 0 saturated carbocycles. The summed E-state index contributed by atoms with van der Waals surface area (Å²) >= 11 is 1.64. The van der Waals surface area contributed by atoms with Gasteiger partial charge in [-0.25, -0.2) is 0 Å². The highest BCUT2D eigenvalue weighted by Gasteiger charge is 2.25. The van der Waals surface area contributed by atoms with Crippen molar-refractivity contribution in [3.05, 3.63) is 29.3 Å². The zero-order valence-corrected chi connectivity index (χ0v) is 11.7. The number of hydrogen-bond acceptors (Lipinski definition) is 3. The Morgan fingerprint density at radius 2 is 2.42 bits per heavy atom. The second-order valence-corrected chi connectivity index (χ2v) is 5.94. The van der Waals surface area contributed by atoms with Crippen LogP contribution in [0, 0.1) is 0 Å². The van der Waals surface area contributed by atoms with E-state index in [-0.39, 0.29) is 5.91 Å². The molecule has 1 N–H and O–H groups in total. The second kappa shape index (κ2) is 5.17. The van der Waals surface area contributed by atoms with Crippen LogP contribution in [0.5, 0.6) is 0 Å². The van der Waals surface area contributed by atoms with E-state index in [1.807, 2.05) is 28.5 Å². The van der Waals surface area contributed by atoms with Crippen molar-refractivity contribution in [2.45, 2.75) is 32.2 Å². The number of thiophene rings is 1. The van der Waals surface area contributed by atoms with Gasteiger partial charge in [0.15, 0.2) is 5.69 Å². The van der Waals surface area contributed by atoms with E-state index in [0.717, 1.165) is 30.0 Å². The number of rotatable bonds is 2. The quantitative estimate of drug-likeness (QED) is 0.915. The SMILES string of the molecule is C[C@H]1CCCCN1C(=O)c1cc(-c2cccs2)[nH]n1. The normalized spacial score (nSPS) is 19.6. The number of carbonyl (C=O) groups is 1. The Labute approximate surface area is 116 Å². The smallest absolute Gasteiger partial charge is 0.274 e. The number of nitrogens with one attached hydrogen (secondary N) is 1. The van der Waals surface area contributed by atoms with Crippen LogP contribution in [0.15, 0.2) is 23.6 Å². The number of aromatic amines is 1. The molecule has 1 saturated heterocycles. The van der Waals surface area contributed by atoms with E-state index in [1.165, 1.54) is 6.42 Å². The molecule has 3 rings (SSSR count). The third-order valence-corrected chi connectivity index (χ3v) is 4.55. The van der Waals surface area contributed by atoms with Crippen LogP contribution in [0.25, 0.3) is 10.6 Å². The third-order valence-electron chi connectivity index (χ3n) is 3.65. The summed E-state index contributed by atoms with van der Waals surface area (Å²) in [6.07, 6.45) is 3.40. The van der Waals surface area contributed by atoms with Gasteiger partial charge in [-0.15, -0.1) is 11.3 Å². The van der Waals surface area contributed by atoms with Crippen molar-refractivity contribution in [3.8, 4) is 10.6 Å². The van der Waals surface area contributed by atoms with Gasteiger partial charge in [0.05, 0.1) is 10.6 Å². The third kappa shape index (κ3) is 2.42. The maximum absolute atomic E-state index is 12.4. The molecule has 0 bridgehead atoms. The maximum atomic E-state index is 12.4. The lowest BCUT2D eigenvalue weighted by atomic mass is 10.0. The topological polar surface area (TPSA) is 49.0 Å². The number of aromatic nitrogens is 2. The van der Waals surface area contributed by atoms with Crippen molar-refractivity contribution >= 4 is 17.2 Å². The number of nitrogens with zero attached hydrogens (tertiary/aromatic N) is 2. The summed E-state index contributed by atoms with van der Waals surface area (Å²) in [4.78, 5) is 15.5. The molecule has 2 aromatic rings. The summed E-state index contributed by atoms with van der Waals surface area (Å²) in [7, 11) is 0. The Morgan fingerprint density at radius 3 is 3.16 bits per heavy atom. The standard InChI is InChI=1S/C14H17N3OS/c1-10-5-2-3-7-17(10)14(18)12-9-11(15-16-12)13-6-4-8-19-13/h4,6,8-10H,2-3,5,7H2,1H3,(H,15,16)/t10-/m0/s1. The van der Waals surface area contributed by atoms with E-state index in [2.05, 4.69) is 17.1 Å². The van der Waals surface area contributed by atoms with Crippen LogP contribution in [-0.2, 0) is 0 Å². The lowest BCUT2D eigenvalue weighted by Gasteiger charge is -2.32. The Balaban J connectivity index is 1.80. The number of carbonyl (C=O) groups excluding carboxylic acids is 1. The first-order chi connectivity index (χ1) is 9.25. The zero-order chi connectivity index (χ0) is 13.2. The lowest BCUT2D eigenvalue weighted by Crippen LogP contribution is -2.42. The van der Waals surface area contributed by atoms with E-state index < -0.39 is 0 Å². The molecule has 3 heterocycles. The second-order valence-electron chi connectivity index (χ2n) is 4.99. The first kappa shape index (κ1) is 12.4. The minimum Gasteiger partial charge on any atom is -0.335 e. The molecule has 0 aromatic carbocycles. The fourth-order valence-electron chi connectivity index (χ4n) is 2.54. The predicted molar refractivity (Wildman–Crippen MR) is 76.3 cm³/mol. The van der Waals surface area contributed by atoms with Crippen molar-refractivity contribution in [1.29, 1.82) is 0 Å². The first-order valence-corrected chi connectivity index (χ1v) is 7.54. The van der Waals surface area contributed by atoms with Gasteiger partial charge in [-0.2, -0.15) is 5.10 Å². The van der Waals surface area contributed by atoms with Crippen molar-refractivity contribution in [1.82, 2.24) is 15.1 Å². The molecule has 1 aliphatic heterocycles. The maximum Gasteiger partial charge on any atom is 0.274 e. The number of piperidine rings is 1. The van der Waals surface area contributed by atoms with Gasteiger partial charge in [0.25, 0.3) is 5.91 Å². The molecule has 1 amide bonds. The summed E-state index contributed by atoms with van der Waals surface area (Å²) in [6, 6.07) is 6.20. The van der Waals surface area contributed by atoms with Gasteiger partial charge in [-0.3, -0.25) is 9.89 Å². The fourth-order valence-corrected chi connectivity index (χ4v) is 3.23. The molecular weight excluding hydrogens is 258 g/mol. The molecule has 1 aliphatic rings. The Kier molecular flexibility index (Phi) is 3.38. The fraction of sp³-hybridized carbons (Fsp3) is 0.429. The molecule has 4 nitrogen and oxygen atoms in total. The Bertz CT molecular complexity index is 561. The van der Waals surface area contributed by atoms with Crippen LogP contribution < -0.4 is 0 Å².